The van der Waals surface area contributed by atoms with E-state index in [4.69, 9.17) is 0 Å². The topological polar surface area (TPSA) is 20.2 Å². The molecular formula is C13H16O. The largest absolute Gasteiger partial charge is 0.508 e. The number of phenols is 1. The van der Waals surface area contributed by atoms with Crippen molar-refractivity contribution < 1.29 is 5.11 Å². The Hall–Kier alpha value is -0.980. The van der Waals surface area contributed by atoms with Crippen molar-refractivity contribution in [2.75, 3.05) is 0 Å². The zero-order valence-electron chi connectivity index (χ0n) is 8.37. The van der Waals surface area contributed by atoms with E-state index in [0.717, 1.165) is 5.92 Å². The molecule has 74 valence electrons. The molecule has 0 aliphatic heterocycles. The first-order valence-corrected chi connectivity index (χ1v) is 5.59. The van der Waals surface area contributed by atoms with Crippen LogP contribution in [0.1, 0.15) is 43.6 Å². The lowest BCUT2D eigenvalue weighted by molar-refractivity contribution is -0.00204. The van der Waals surface area contributed by atoms with Crippen LogP contribution in [0, 0.1) is 5.41 Å². The minimum absolute atomic E-state index is 0.420. The summed E-state index contributed by atoms with van der Waals surface area (Å²) in [5.41, 5.74) is 2.00. The van der Waals surface area contributed by atoms with E-state index in [1.165, 1.54) is 37.7 Å². The van der Waals surface area contributed by atoms with Gasteiger partial charge in [0.2, 0.25) is 0 Å². The molecule has 1 nitrogen and oxygen atoms in total. The molecule has 3 rings (SSSR count). The molecule has 1 heteroatoms. The molecule has 0 aromatic heterocycles. The predicted molar refractivity (Wildman–Crippen MR) is 56.4 cm³/mol. The van der Waals surface area contributed by atoms with Crippen LogP contribution in [0.2, 0.25) is 0 Å². The van der Waals surface area contributed by atoms with Crippen LogP contribution >= 0.6 is 0 Å². The zero-order chi connectivity index (χ0) is 9.60. The van der Waals surface area contributed by atoms with Crippen LogP contribution in [-0.4, -0.2) is 5.11 Å². The van der Waals surface area contributed by atoms with Gasteiger partial charge >= 0.3 is 0 Å². The molecule has 2 aliphatic carbocycles. The van der Waals surface area contributed by atoms with Gasteiger partial charge in [-0.1, -0.05) is 18.6 Å². The third kappa shape index (κ3) is 1.01. The van der Waals surface area contributed by atoms with Crippen LogP contribution in [0.3, 0.4) is 0 Å². The Morgan fingerprint density at radius 3 is 2.57 bits per heavy atom. The van der Waals surface area contributed by atoms with Gasteiger partial charge in [-0.3, -0.25) is 0 Å². The Morgan fingerprint density at radius 1 is 1.21 bits per heavy atom. The van der Waals surface area contributed by atoms with Gasteiger partial charge in [-0.15, -0.1) is 0 Å². The second-order valence-electron chi connectivity index (χ2n) is 4.90. The smallest absolute Gasteiger partial charge is 0.115 e. The summed E-state index contributed by atoms with van der Waals surface area (Å²) in [6.45, 7) is 0. The first-order valence-electron chi connectivity index (χ1n) is 5.59. The predicted octanol–water partition coefficient (Wildman–Crippen LogP) is 3.44. The van der Waals surface area contributed by atoms with Crippen molar-refractivity contribution in [3.8, 4) is 5.75 Å². The SMILES string of the molecule is Oc1cccc(C2CCC23CCC3)c1. The molecule has 1 aromatic carbocycles. The lowest BCUT2D eigenvalue weighted by atomic mass is 9.48. The average molecular weight is 188 g/mol. The maximum Gasteiger partial charge on any atom is 0.115 e. The maximum atomic E-state index is 9.44. The van der Waals surface area contributed by atoms with Crippen molar-refractivity contribution >= 4 is 0 Å². The Morgan fingerprint density at radius 2 is 2.07 bits per heavy atom. The fourth-order valence-corrected chi connectivity index (χ4v) is 3.19. The van der Waals surface area contributed by atoms with Crippen molar-refractivity contribution in [2.45, 2.75) is 38.0 Å². The van der Waals surface area contributed by atoms with E-state index < -0.39 is 0 Å². The van der Waals surface area contributed by atoms with Gasteiger partial charge in [0.15, 0.2) is 0 Å². The minimum Gasteiger partial charge on any atom is -0.508 e. The molecule has 1 atom stereocenters. The third-order valence-corrected chi connectivity index (χ3v) is 4.29. The molecule has 2 aliphatic rings. The summed E-state index contributed by atoms with van der Waals surface area (Å²) in [4.78, 5) is 0. The Labute approximate surface area is 84.8 Å². The molecule has 0 heterocycles. The van der Waals surface area contributed by atoms with Gasteiger partial charge < -0.3 is 5.11 Å². The summed E-state index contributed by atoms with van der Waals surface area (Å²) in [5, 5.41) is 9.44. The Bertz CT molecular complexity index is 346. The molecule has 0 saturated heterocycles. The second-order valence-corrected chi connectivity index (χ2v) is 4.90. The van der Waals surface area contributed by atoms with E-state index in [0.29, 0.717) is 11.2 Å². The van der Waals surface area contributed by atoms with E-state index in [1.807, 2.05) is 12.1 Å². The average Bonchev–Trinajstić information content (AvgIpc) is 1.99. The van der Waals surface area contributed by atoms with Crippen LogP contribution in [0.4, 0.5) is 0 Å². The van der Waals surface area contributed by atoms with E-state index >= 15 is 0 Å². The highest BCUT2D eigenvalue weighted by molar-refractivity contribution is 5.33. The fraction of sp³-hybridized carbons (Fsp3) is 0.538. The number of hydrogen-bond donors (Lipinski definition) is 1. The zero-order valence-corrected chi connectivity index (χ0v) is 8.37. The number of aromatic hydroxyl groups is 1. The van der Waals surface area contributed by atoms with E-state index in [1.54, 1.807) is 6.07 Å². The first kappa shape index (κ1) is 8.34. The molecule has 0 radical (unpaired) electrons. The standard InChI is InChI=1S/C13H16O/c14-11-4-1-3-10(9-11)12-5-8-13(12)6-2-7-13/h1,3-4,9,12,14H,2,5-8H2. The van der Waals surface area contributed by atoms with Crippen LogP contribution < -0.4 is 0 Å². The quantitative estimate of drug-likeness (QED) is 0.715. The molecule has 2 saturated carbocycles. The molecule has 1 aromatic rings. The maximum absolute atomic E-state index is 9.44. The summed E-state index contributed by atoms with van der Waals surface area (Å²) in [5.74, 6) is 1.16. The van der Waals surface area contributed by atoms with E-state index in [9.17, 15) is 5.11 Å². The monoisotopic (exact) mass is 188 g/mol. The summed E-state index contributed by atoms with van der Waals surface area (Å²) in [7, 11) is 0. The molecule has 1 unspecified atom stereocenters. The number of phenolic OH excluding ortho intramolecular Hbond substituents is 1. The van der Waals surface area contributed by atoms with Crippen molar-refractivity contribution in [3.05, 3.63) is 29.8 Å². The van der Waals surface area contributed by atoms with Crippen molar-refractivity contribution in [2.24, 2.45) is 5.41 Å². The van der Waals surface area contributed by atoms with Crippen molar-refractivity contribution in [1.82, 2.24) is 0 Å². The Balaban J connectivity index is 1.89. The number of benzene rings is 1. The first-order chi connectivity index (χ1) is 6.80. The van der Waals surface area contributed by atoms with Crippen molar-refractivity contribution in [1.29, 1.82) is 0 Å². The highest BCUT2D eigenvalue weighted by Gasteiger charge is 2.50. The number of hydrogen-bond acceptors (Lipinski definition) is 1. The van der Waals surface area contributed by atoms with Crippen LogP contribution in [0.5, 0.6) is 5.75 Å². The summed E-state index contributed by atoms with van der Waals surface area (Å²) >= 11 is 0. The van der Waals surface area contributed by atoms with Crippen LogP contribution in [0.15, 0.2) is 24.3 Å². The van der Waals surface area contributed by atoms with Gasteiger partial charge in [0.1, 0.15) is 5.75 Å². The lowest BCUT2D eigenvalue weighted by Crippen LogP contribution is -2.43. The summed E-state index contributed by atoms with van der Waals surface area (Å²) in [6, 6.07) is 7.85. The Kier molecular flexibility index (Phi) is 1.64. The molecule has 14 heavy (non-hydrogen) atoms. The van der Waals surface area contributed by atoms with Gasteiger partial charge in [0.25, 0.3) is 0 Å². The lowest BCUT2D eigenvalue weighted by Gasteiger charge is -2.56. The second kappa shape index (κ2) is 2.75. The van der Waals surface area contributed by atoms with Gasteiger partial charge in [-0.2, -0.15) is 0 Å². The summed E-state index contributed by atoms with van der Waals surface area (Å²) in [6.07, 6.45) is 6.97. The number of rotatable bonds is 1. The van der Waals surface area contributed by atoms with E-state index in [-0.39, 0.29) is 0 Å². The third-order valence-electron chi connectivity index (χ3n) is 4.29. The van der Waals surface area contributed by atoms with Gasteiger partial charge in [-0.25, -0.2) is 0 Å². The summed E-state index contributed by atoms with van der Waals surface area (Å²) < 4.78 is 0. The van der Waals surface area contributed by atoms with Gasteiger partial charge in [-0.05, 0) is 54.7 Å². The molecule has 0 amide bonds. The van der Waals surface area contributed by atoms with E-state index in [2.05, 4.69) is 6.07 Å². The fourth-order valence-electron chi connectivity index (χ4n) is 3.19. The molecular weight excluding hydrogens is 172 g/mol. The van der Waals surface area contributed by atoms with Crippen LogP contribution in [-0.2, 0) is 0 Å². The molecule has 0 bridgehead atoms. The molecule has 1 spiro atoms. The molecule has 2 fully saturated rings. The highest BCUT2D eigenvalue weighted by Crippen LogP contribution is 2.64. The van der Waals surface area contributed by atoms with Gasteiger partial charge in [0.05, 0.1) is 0 Å². The van der Waals surface area contributed by atoms with Crippen molar-refractivity contribution in [3.63, 3.8) is 0 Å². The molecule has 1 N–H and O–H groups in total. The normalized spacial score (nSPS) is 28.1. The van der Waals surface area contributed by atoms with Crippen LogP contribution in [0.25, 0.3) is 0 Å². The highest BCUT2D eigenvalue weighted by atomic mass is 16.3. The van der Waals surface area contributed by atoms with Gasteiger partial charge in [0, 0.05) is 0 Å². The minimum atomic E-state index is 0.420.